The monoisotopic (exact) mass is 524 g/mol. The molecule has 196 valence electrons. The van der Waals surface area contributed by atoms with Gasteiger partial charge in [-0.1, -0.05) is 0 Å². The van der Waals surface area contributed by atoms with Crippen LogP contribution in [0.4, 0.5) is 16.2 Å². The van der Waals surface area contributed by atoms with Gasteiger partial charge in [-0.15, -0.1) is 0 Å². The molecular weight excluding hydrogens is 500 g/mol. The quantitative estimate of drug-likeness (QED) is 0.383. The third-order valence-corrected chi connectivity index (χ3v) is 7.79. The molecule has 0 bridgehead atoms. The number of nitrogens with one attached hydrogen (secondary N) is 2. The summed E-state index contributed by atoms with van der Waals surface area (Å²) in [5.74, 6) is 1.25. The molecule has 0 radical (unpaired) electrons. The second-order valence-electron chi connectivity index (χ2n) is 9.86. The van der Waals surface area contributed by atoms with Gasteiger partial charge in [0.1, 0.15) is 5.75 Å². The highest BCUT2D eigenvalue weighted by Gasteiger charge is 2.59. The minimum atomic E-state index is -1.17. The molecule has 0 aliphatic carbocycles. The molecule has 4 amide bonds. The Morgan fingerprint density at radius 3 is 2.62 bits per heavy atom. The number of aromatic amines is 1. The number of anilines is 2. The zero-order chi connectivity index (χ0) is 26.9. The summed E-state index contributed by atoms with van der Waals surface area (Å²) in [6.07, 6.45) is 0.615. The first-order valence-corrected chi connectivity index (χ1v) is 12.5. The van der Waals surface area contributed by atoms with Gasteiger partial charge in [-0.3, -0.25) is 9.59 Å². The van der Waals surface area contributed by atoms with Gasteiger partial charge in [-0.05, 0) is 73.5 Å². The Labute approximate surface area is 223 Å². The van der Waals surface area contributed by atoms with Gasteiger partial charge >= 0.3 is 6.03 Å². The van der Waals surface area contributed by atoms with Gasteiger partial charge in [0.2, 0.25) is 6.79 Å². The van der Waals surface area contributed by atoms with Crippen molar-refractivity contribution in [2.75, 3.05) is 30.7 Å². The number of imide groups is 1. The fourth-order valence-electron chi connectivity index (χ4n) is 5.71. The topological polar surface area (TPSA) is 113 Å². The summed E-state index contributed by atoms with van der Waals surface area (Å²) in [7, 11) is 1.62. The number of amides is 4. The number of hydrogen-bond donors (Lipinski definition) is 2. The summed E-state index contributed by atoms with van der Waals surface area (Å²) in [4.78, 5) is 46.5. The van der Waals surface area contributed by atoms with Gasteiger partial charge in [0.15, 0.2) is 17.0 Å². The molecule has 7 rings (SSSR count). The Hall–Kier alpha value is -4.99. The molecule has 1 unspecified atom stereocenters. The molecule has 4 heterocycles. The van der Waals surface area contributed by atoms with Crippen LogP contribution in [0.1, 0.15) is 28.5 Å². The van der Waals surface area contributed by atoms with E-state index in [9.17, 15) is 14.4 Å². The van der Waals surface area contributed by atoms with Crippen molar-refractivity contribution in [3.63, 3.8) is 0 Å². The van der Waals surface area contributed by atoms with Gasteiger partial charge in [0.05, 0.1) is 18.5 Å². The van der Waals surface area contributed by atoms with E-state index in [1.54, 1.807) is 61.4 Å². The molecule has 0 spiro atoms. The van der Waals surface area contributed by atoms with Crippen molar-refractivity contribution in [3.05, 3.63) is 77.5 Å². The predicted octanol–water partition coefficient (Wildman–Crippen LogP) is 4.40. The van der Waals surface area contributed by atoms with Crippen LogP contribution in [-0.4, -0.2) is 48.2 Å². The van der Waals surface area contributed by atoms with E-state index in [0.29, 0.717) is 41.4 Å². The second-order valence-corrected chi connectivity index (χ2v) is 9.86. The highest BCUT2D eigenvalue weighted by atomic mass is 16.7. The minimum absolute atomic E-state index is 0.148. The maximum Gasteiger partial charge on any atom is 0.332 e. The van der Waals surface area contributed by atoms with Crippen molar-refractivity contribution in [2.45, 2.75) is 18.9 Å². The molecule has 1 saturated heterocycles. The first-order valence-electron chi connectivity index (χ1n) is 12.5. The van der Waals surface area contributed by atoms with Crippen molar-refractivity contribution in [1.29, 1.82) is 0 Å². The van der Waals surface area contributed by atoms with Crippen molar-refractivity contribution >= 4 is 40.1 Å². The molecule has 3 aliphatic heterocycles. The summed E-state index contributed by atoms with van der Waals surface area (Å²) >= 11 is 0. The van der Waals surface area contributed by atoms with Crippen molar-refractivity contribution in [3.8, 4) is 17.2 Å². The van der Waals surface area contributed by atoms with Gasteiger partial charge in [-0.2, -0.15) is 0 Å². The summed E-state index contributed by atoms with van der Waals surface area (Å²) < 4.78 is 16.1. The third kappa shape index (κ3) is 3.30. The van der Waals surface area contributed by atoms with E-state index >= 15 is 0 Å². The van der Waals surface area contributed by atoms with Crippen LogP contribution in [0.2, 0.25) is 0 Å². The Morgan fingerprint density at radius 2 is 1.82 bits per heavy atom. The summed E-state index contributed by atoms with van der Waals surface area (Å²) in [5.41, 5.74) is 2.80. The Bertz CT molecular complexity index is 1690. The lowest BCUT2D eigenvalue weighted by atomic mass is 9.87. The van der Waals surface area contributed by atoms with E-state index in [1.807, 2.05) is 18.2 Å². The van der Waals surface area contributed by atoms with Crippen LogP contribution in [0.5, 0.6) is 17.2 Å². The lowest BCUT2D eigenvalue weighted by Gasteiger charge is -2.35. The van der Waals surface area contributed by atoms with E-state index in [2.05, 4.69) is 10.3 Å². The molecule has 1 atom stereocenters. The number of ether oxygens (including phenoxy) is 3. The zero-order valence-electron chi connectivity index (χ0n) is 21.2. The third-order valence-electron chi connectivity index (χ3n) is 7.79. The molecule has 2 N–H and O–H groups in total. The maximum atomic E-state index is 13.9. The number of urea groups is 1. The summed E-state index contributed by atoms with van der Waals surface area (Å²) in [6.45, 7) is 2.34. The molecule has 1 fully saturated rings. The fraction of sp³-hybridized carbons (Fsp3) is 0.207. The molecular formula is C29H24N4O6. The van der Waals surface area contributed by atoms with Crippen LogP contribution in [0.3, 0.4) is 0 Å². The molecule has 3 aliphatic rings. The van der Waals surface area contributed by atoms with E-state index in [1.165, 1.54) is 4.90 Å². The number of carbonyl (C=O) groups is 3. The number of fused-ring (bicyclic) bond motifs is 6. The van der Waals surface area contributed by atoms with Crippen molar-refractivity contribution < 1.29 is 28.6 Å². The Morgan fingerprint density at radius 1 is 1.03 bits per heavy atom. The average molecular weight is 525 g/mol. The van der Waals surface area contributed by atoms with Gasteiger partial charge in [0.25, 0.3) is 11.8 Å². The Kier molecular flexibility index (Phi) is 4.90. The zero-order valence-corrected chi connectivity index (χ0v) is 21.2. The lowest BCUT2D eigenvalue weighted by molar-refractivity contribution is -0.125. The first-order chi connectivity index (χ1) is 18.9. The normalized spacial score (nSPS) is 19.3. The van der Waals surface area contributed by atoms with E-state index in [0.717, 1.165) is 27.9 Å². The van der Waals surface area contributed by atoms with E-state index in [4.69, 9.17) is 14.2 Å². The summed E-state index contributed by atoms with van der Waals surface area (Å²) in [6, 6.07) is 16.9. The number of benzene rings is 3. The minimum Gasteiger partial charge on any atom is -0.497 e. The average Bonchev–Trinajstić information content (AvgIpc) is 3.62. The van der Waals surface area contributed by atoms with Crippen LogP contribution in [0.25, 0.3) is 10.9 Å². The number of carbonyl (C=O) groups excluding carboxylic acids is 3. The van der Waals surface area contributed by atoms with Crippen LogP contribution in [0, 0.1) is 0 Å². The van der Waals surface area contributed by atoms with E-state index in [-0.39, 0.29) is 24.6 Å². The van der Waals surface area contributed by atoms with Crippen LogP contribution < -0.4 is 24.4 Å². The van der Waals surface area contributed by atoms with Crippen molar-refractivity contribution in [2.24, 2.45) is 0 Å². The lowest BCUT2D eigenvalue weighted by Crippen LogP contribution is -2.49. The highest BCUT2D eigenvalue weighted by molar-refractivity contribution is 6.23. The molecule has 3 aromatic carbocycles. The molecule has 10 heteroatoms. The molecule has 1 aromatic heterocycles. The number of aromatic nitrogens is 1. The van der Waals surface area contributed by atoms with Gasteiger partial charge in [-0.25, -0.2) is 9.69 Å². The molecule has 39 heavy (non-hydrogen) atoms. The van der Waals surface area contributed by atoms with Crippen molar-refractivity contribution in [1.82, 2.24) is 9.88 Å². The van der Waals surface area contributed by atoms with E-state index < -0.39 is 5.54 Å². The molecule has 4 aromatic rings. The standard InChI is InChI=1S/C29H24N4O6/c1-29-25-20(21-14-19(37-2)8-9-22(21)31-25)11-12-32(29)28(36)33(27(29)35)18-6-3-16(4-7-18)26(34)30-17-5-10-23-24(13-17)39-15-38-23/h3-10,13-14,31H,11-12,15H2,1-2H3,(H,30,34). The number of rotatable bonds is 4. The molecule has 0 saturated carbocycles. The smallest absolute Gasteiger partial charge is 0.332 e. The second kappa shape index (κ2) is 8.26. The van der Waals surface area contributed by atoms with Gasteiger partial charge in [0, 0.05) is 34.8 Å². The number of methoxy groups -OCH3 is 1. The summed E-state index contributed by atoms with van der Waals surface area (Å²) in [5, 5.41) is 3.82. The highest BCUT2D eigenvalue weighted by Crippen LogP contribution is 2.45. The molecule has 10 nitrogen and oxygen atoms in total. The Balaban J connectivity index is 1.17. The van der Waals surface area contributed by atoms with Gasteiger partial charge < -0.3 is 29.4 Å². The van der Waals surface area contributed by atoms with Crippen LogP contribution in [0.15, 0.2) is 60.7 Å². The fourth-order valence-corrected chi connectivity index (χ4v) is 5.71. The largest absolute Gasteiger partial charge is 0.497 e. The first kappa shape index (κ1) is 23.2. The van der Waals surface area contributed by atoms with Crippen LogP contribution >= 0.6 is 0 Å². The number of H-pyrrole nitrogens is 1. The SMILES string of the molecule is COc1ccc2[nH]c3c(c2c1)CCN1C(=O)N(c2ccc(C(=O)Nc4ccc5c(c4)OCO5)cc2)C(=O)C31C. The predicted molar refractivity (Wildman–Crippen MR) is 142 cm³/mol. The van der Waals surface area contributed by atoms with Crippen LogP contribution in [-0.2, 0) is 16.8 Å². The number of nitrogens with zero attached hydrogens (tertiary/aromatic N) is 2. The number of hydrogen-bond acceptors (Lipinski definition) is 6. The maximum absolute atomic E-state index is 13.9.